The summed E-state index contributed by atoms with van der Waals surface area (Å²) >= 11 is 0. The van der Waals surface area contributed by atoms with Gasteiger partial charge in [-0.25, -0.2) is 0 Å². The average Bonchev–Trinajstić information content (AvgIpc) is 4.02. The summed E-state index contributed by atoms with van der Waals surface area (Å²) in [4.78, 5) is 105. The van der Waals surface area contributed by atoms with Crippen molar-refractivity contribution >= 4 is 41.4 Å². The van der Waals surface area contributed by atoms with Crippen molar-refractivity contribution in [1.82, 2.24) is 36.0 Å². The minimum atomic E-state index is -1.06. The number of benzene rings is 1. The third-order valence-corrected chi connectivity index (χ3v) is 12.5. The van der Waals surface area contributed by atoms with Gasteiger partial charge in [0.25, 0.3) is 0 Å². The van der Waals surface area contributed by atoms with Crippen molar-refractivity contribution in [2.75, 3.05) is 26.2 Å². The second kappa shape index (κ2) is 20.2. The molecule has 4 saturated heterocycles. The van der Waals surface area contributed by atoms with Crippen molar-refractivity contribution in [3.8, 4) is 0 Å². The SMILES string of the molecule is CC[C@H](C)[C@@H]1NC(=O)[C@@H]2CCCN2C(=O)[C@H]([C@@H](C)CC)NC(=O)[C@@H]2CCCN2C(=O)[C@H](CCCCN)NC(=O)[C@@H]2CCCN2C(=O)[C@H](Cc2ccccc2)NC1=O. The normalized spacial score (nSPS) is 29.4. The third kappa shape index (κ3) is 10.3. The fourth-order valence-electron chi connectivity index (χ4n) is 8.70. The molecule has 314 valence electrons. The van der Waals surface area contributed by atoms with Crippen molar-refractivity contribution in [3.63, 3.8) is 0 Å². The summed E-state index contributed by atoms with van der Waals surface area (Å²) in [5.74, 6) is -3.77. The number of rotatable bonds is 10. The van der Waals surface area contributed by atoms with Gasteiger partial charge in [0.05, 0.1) is 0 Å². The molecule has 15 heteroatoms. The Morgan fingerprint density at radius 2 is 1.05 bits per heavy atom. The summed E-state index contributed by atoms with van der Waals surface area (Å²) in [6.07, 6.45) is 5.58. The molecule has 0 saturated carbocycles. The number of amides is 7. The van der Waals surface area contributed by atoms with Gasteiger partial charge in [0.2, 0.25) is 41.4 Å². The zero-order valence-electron chi connectivity index (χ0n) is 34.2. The number of hydrogen-bond donors (Lipinski definition) is 5. The number of unbranched alkanes of at least 4 members (excludes halogenated alkanes) is 1. The molecule has 9 atom stereocenters. The van der Waals surface area contributed by atoms with Crippen LogP contribution in [0.25, 0.3) is 0 Å². The number of nitrogens with one attached hydrogen (secondary N) is 4. The van der Waals surface area contributed by atoms with Crippen LogP contribution in [0.4, 0.5) is 0 Å². The minimum Gasteiger partial charge on any atom is -0.343 e. The lowest BCUT2D eigenvalue weighted by atomic mass is 9.95. The number of nitrogens with zero attached hydrogens (tertiary/aromatic N) is 3. The lowest BCUT2D eigenvalue weighted by Gasteiger charge is -2.34. The fourth-order valence-corrected chi connectivity index (χ4v) is 8.70. The highest BCUT2D eigenvalue weighted by Gasteiger charge is 2.45. The molecule has 4 heterocycles. The maximum Gasteiger partial charge on any atom is 0.246 e. The van der Waals surface area contributed by atoms with Crippen LogP contribution in [0.2, 0.25) is 0 Å². The number of fused-ring (bicyclic) bond motifs is 3. The molecule has 4 aliphatic heterocycles. The first-order chi connectivity index (χ1) is 27.4. The van der Waals surface area contributed by atoms with E-state index in [4.69, 9.17) is 5.73 Å². The smallest absolute Gasteiger partial charge is 0.246 e. The summed E-state index contributed by atoms with van der Waals surface area (Å²) < 4.78 is 0. The van der Waals surface area contributed by atoms with Crippen LogP contribution >= 0.6 is 0 Å². The maximum absolute atomic E-state index is 14.6. The molecule has 5 rings (SSSR count). The van der Waals surface area contributed by atoms with E-state index in [0.717, 1.165) is 5.56 Å². The average molecular weight is 793 g/mol. The molecule has 1 aromatic carbocycles. The van der Waals surface area contributed by atoms with Gasteiger partial charge in [-0.3, -0.25) is 33.6 Å². The van der Waals surface area contributed by atoms with E-state index in [0.29, 0.717) is 90.3 Å². The molecule has 7 amide bonds. The van der Waals surface area contributed by atoms with Crippen molar-refractivity contribution in [1.29, 1.82) is 0 Å². The Balaban J connectivity index is 1.55. The van der Waals surface area contributed by atoms with Crippen molar-refractivity contribution < 1.29 is 33.6 Å². The summed E-state index contributed by atoms with van der Waals surface area (Å²) in [5, 5.41) is 11.8. The minimum absolute atomic E-state index is 0.150. The van der Waals surface area contributed by atoms with Crippen molar-refractivity contribution in [2.45, 2.75) is 147 Å². The Morgan fingerprint density at radius 1 is 0.596 bits per heavy atom. The quantitative estimate of drug-likeness (QED) is 0.219. The van der Waals surface area contributed by atoms with Crippen molar-refractivity contribution in [2.24, 2.45) is 17.6 Å². The third-order valence-electron chi connectivity index (χ3n) is 12.5. The Labute approximate surface area is 336 Å². The molecular weight excluding hydrogens is 729 g/mol. The van der Waals surface area contributed by atoms with E-state index in [2.05, 4.69) is 21.3 Å². The predicted octanol–water partition coefficient (Wildman–Crippen LogP) is 1.38. The summed E-state index contributed by atoms with van der Waals surface area (Å²) in [6, 6.07) is 2.69. The van der Waals surface area contributed by atoms with Gasteiger partial charge in [0.15, 0.2) is 0 Å². The molecule has 57 heavy (non-hydrogen) atoms. The molecule has 0 unspecified atom stereocenters. The monoisotopic (exact) mass is 792 g/mol. The first-order valence-electron chi connectivity index (χ1n) is 21.3. The lowest BCUT2D eigenvalue weighted by Crippen LogP contribution is -2.61. The molecule has 0 bridgehead atoms. The summed E-state index contributed by atoms with van der Waals surface area (Å²) in [5.41, 5.74) is 6.60. The van der Waals surface area contributed by atoms with E-state index in [9.17, 15) is 33.6 Å². The highest BCUT2D eigenvalue weighted by molar-refractivity contribution is 5.99. The molecule has 6 N–H and O–H groups in total. The van der Waals surface area contributed by atoms with Crippen LogP contribution in [0.3, 0.4) is 0 Å². The summed E-state index contributed by atoms with van der Waals surface area (Å²) in [6.45, 7) is 8.87. The van der Waals surface area contributed by atoms with Crippen LogP contribution in [-0.2, 0) is 40.0 Å². The Bertz CT molecular complexity index is 1610. The number of hydrogen-bond acceptors (Lipinski definition) is 8. The first kappa shape index (κ1) is 43.6. The van der Waals surface area contributed by atoms with Gasteiger partial charge in [-0.15, -0.1) is 0 Å². The predicted molar refractivity (Wildman–Crippen MR) is 214 cm³/mol. The maximum atomic E-state index is 14.6. The van der Waals surface area contributed by atoms with Gasteiger partial charge in [-0.05, 0) is 81.7 Å². The van der Waals surface area contributed by atoms with E-state index in [-0.39, 0.29) is 30.7 Å². The molecular formula is C42H64N8O7. The summed E-state index contributed by atoms with van der Waals surface area (Å²) in [7, 11) is 0. The topological polar surface area (TPSA) is 203 Å². The molecule has 4 aliphatic rings. The largest absolute Gasteiger partial charge is 0.343 e. The van der Waals surface area contributed by atoms with Gasteiger partial charge in [-0.2, -0.15) is 0 Å². The van der Waals surface area contributed by atoms with E-state index >= 15 is 0 Å². The van der Waals surface area contributed by atoms with Crippen LogP contribution in [0, 0.1) is 11.8 Å². The Kier molecular flexibility index (Phi) is 15.5. The van der Waals surface area contributed by atoms with Gasteiger partial charge in [0, 0.05) is 26.1 Å². The Morgan fingerprint density at radius 3 is 1.58 bits per heavy atom. The highest BCUT2D eigenvalue weighted by Crippen LogP contribution is 2.26. The van der Waals surface area contributed by atoms with Crippen LogP contribution in [-0.4, -0.2) is 125 Å². The van der Waals surface area contributed by atoms with E-state index < -0.39 is 77.7 Å². The van der Waals surface area contributed by atoms with Gasteiger partial charge in [0.1, 0.15) is 42.3 Å². The highest BCUT2D eigenvalue weighted by atomic mass is 16.2. The second-order valence-corrected chi connectivity index (χ2v) is 16.4. The standard InChI is InChI=1S/C42H64N8O7/c1-5-26(3)34-39(54)45-30(25-28-15-8-7-9-16-28)41(56)49-23-12-18-31(49)36(51)44-29(17-10-11-21-43)40(55)48-22-13-19-32(48)38(53)47-35(27(4)6-2)42(57)50-24-14-20-33(50)37(52)46-34/h7-9,15-16,26-27,29-35H,5-6,10-14,17-25,43H2,1-4H3,(H,44,51)(H,45,54)(H,46,52)(H,47,53)/t26-,27-,29-,30-,31-,32-,33-,34-,35-/m0/s1. The molecule has 1 aromatic rings. The molecule has 0 radical (unpaired) electrons. The van der Waals surface area contributed by atoms with Crippen LogP contribution in [0.5, 0.6) is 0 Å². The number of nitrogens with two attached hydrogens (primary N) is 1. The van der Waals surface area contributed by atoms with Crippen molar-refractivity contribution in [3.05, 3.63) is 35.9 Å². The van der Waals surface area contributed by atoms with Crippen LogP contribution < -0.4 is 27.0 Å². The van der Waals surface area contributed by atoms with Crippen LogP contribution in [0.1, 0.15) is 104 Å². The van der Waals surface area contributed by atoms with E-state index in [1.54, 1.807) is 0 Å². The number of carbonyl (C=O) groups excluding carboxylic acids is 7. The lowest BCUT2D eigenvalue weighted by molar-refractivity contribution is -0.145. The van der Waals surface area contributed by atoms with Gasteiger partial charge in [-0.1, -0.05) is 70.9 Å². The second-order valence-electron chi connectivity index (χ2n) is 16.4. The fraction of sp³-hybridized carbons (Fsp3) is 0.690. The van der Waals surface area contributed by atoms with E-state index in [1.807, 2.05) is 58.0 Å². The molecule has 15 nitrogen and oxygen atoms in total. The van der Waals surface area contributed by atoms with E-state index in [1.165, 1.54) is 14.7 Å². The van der Waals surface area contributed by atoms with Crippen LogP contribution in [0.15, 0.2) is 30.3 Å². The molecule has 4 fully saturated rings. The first-order valence-corrected chi connectivity index (χ1v) is 21.3. The Hall–Kier alpha value is -4.53. The molecule has 0 spiro atoms. The molecule has 0 aliphatic carbocycles. The zero-order chi connectivity index (χ0) is 41.2. The number of carbonyl (C=O) groups is 7. The van der Waals surface area contributed by atoms with Gasteiger partial charge < -0.3 is 41.7 Å². The molecule has 0 aromatic heterocycles. The van der Waals surface area contributed by atoms with Gasteiger partial charge >= 0.3 is 0 Å². The zero-order valence-corrected chi connectivity index (χ0v) is 34.2.